The molecule has 7 N–H and O–H groups in total. The Morgan fingerprint density at radius 3 is 1.67 bits per heavy atom. The molecule has 0 saturated heterocycles. The fourth-order valence-electron chi connectivity index (χ4n) is 0.199. The van der Waals surface area contributed by atoms with E-state index in [0.29, 0.717) is 0 Å². The van der Waals surface area contributed by atoms with E-state index in [9.17, 15) is 4.57 Å². The van der Waals surface area contributed by atoms with Gasteiger partial charge in [0.05, 0.1) is 0 Å². The molecule has 0 aliphatic rings. The van der Waals surface area contributed by atoms with Gasteiger partial charge in [-0.05, 0) is 0 Å². The highest BCUT2D eigenvalue weighted by atomic mass is 31.2. The molecule has 0 rings (SSSR count). The Kier molecular flexibility index (Phi) is 2.75. The third-order valence-electron chi connectivity index (χ3n) is 0.738. The number of rotatable bonds is 2. The van der Waals surface area contributed by atoms with Crippen molar-refractivity contribution in [2.75, 3.05) is 0 Å². The van der Waals surface area contributed by atoms with Crippen LogP contribution in [0.15, 0.2) is 0 Å². The highest BCUT2D eigenvalue weighted by Gasteiger charge is 2.29. The maximum Gasteiger partial charge on any atom is 0.346 e. The molecule has 0 aromatic rings. The topological polar surface area (TPSA) is 130 Å². The van der Waals surface area contributed by atoms with Gasteiger partial charge in [0.1, 0.15) is 12.0 Å². The summed E-state index contributed by atoms with van der Waals surface area (Å²) in [5.74, 6) is -1.68. The van der Waals surface area contributed by atoms with Crippen molar-refractivity contribution in [1.29, 1.82) is 0 Å². The molecular formula is C2H9N2O4P. The van der Waals surface area contributed by atoms with Crippen LogP contribution in [0.4, 0.5) is 0 Å². The molecule has 0 radical (unpaired) electrons. The van der Waals surface area contributed by atoms with Crippen molar-refractivity contribution < 1.29 is 19.5 Å². The highest BCUT2D eigenvalue weighted by molar-refractivity contribution is 7.52. The molecule has 56 valence electrons. The third-order valence-corrected chi connectivity index (χ3v) is 1.82. The molecule has 0 aliphatic heterocycles. The van der Waals surface area contributed by atoms with Gasteiger partial charge in [-0.25, -0.2) is 0 Å². The van der Waals surface area contributed by atoms with Crippen molar-refractivity contribution in [3.05, 3.63) is 0 Å². The molecule has 0 aromatic carbocycles. The lowest BCUT2D eigenvalue weighted by Gasteiger charge is -2.14. The Balaban J connectivity index is 4.05. The van der Waals surface area contributed by atoms with E-state index in [1.165, 1.54) is 0 Å². The lowest BCUT2D eigenvalue weighted by atomic mass is 10.6. The fourth-order valence-corrected chi connectivity index (χ4v) is 0.597. The van der Waals surface area contributed by atoms with E-state index >= 15 is 0 Å². The number of hydrogen-bond donors (Lipinski definition) is 5. The first-order valence-corrected chi connectivity index (χ1v) is 3.78. The van der Waals surface area contributed by atoms with Crippen molar-refractivity contribution in [2.45, 2.75) is 12.0 Å². The predicted octanol–water partition coefficient (Wildman–Crippen LogP) is -2.27. The average Bonchev–Trinajstić information content (AvgIpc) is 1.62. The molecule has 2 atom stereocenters. The number of hydrogen-bond acceptors (Lipinski definition) is 4. The number of aliphatic hydroxyl groups is 1. The molecule has 0 amide bonds. The zero-order chi connectivity index (χ0) is 7.65. The second kappa shape index (κ2) is 2.74. The first kappa shape index (κ1) is 9.03. The first-order valence-electron chi connectivity index (χ1n) is 2.10. The van der Waals surface area contributed by atoms with Gasteiger partial charge in [-0.15, -0.1) is 0 Å². The van der Waals surface area contributed by atoms with Crippen LogP contribution in [0.2, 0.25) is 0 Å². The van der Waals surface area contributed by atoms with E-state index in [-0.39, 0.29) is 0 Å². The maximum atomic E-state index is 10.1. The summed E-state index contributed by atoms with van der Waals surface area (Å²) < 4.78 is 10.1. The Hall–Kier alpha value is 0.0300. The van der Waals surface area contributed by atoms with E-state index in [0.717, 1.165) is 0 Å². The van der Waals surface area contributed by atoms with E-state index in [1.807, 2.05) is 0 Å². The van der Waals surface area contributed by atoms with Gasteiger partial charge in [-0.2, -0.15) is 0 Å². The predicted molar refractivity (Wildman–Crippen MR) is 30.2 cm³/mol. The first-order chi connectivity index (χ1) is 3.85. The molecular weight excluding hydrogens is 147 g/mol. The van der Waals surface area contributed by atoms with Crippen molar-refractivity contribution in [3.63, 3.8) is 0 Å². The number of aliphatic hydroxyl groups excluding tert-OH is 1. The van der Waals surface area contributed by atoms with Crippen LogP contribution in [0.3, 0.4) is 0 Å². The molecule has 0 fully saturated rings. The Morgan fingerprint density at radius 1 is 1.33 bits per heavy atom. The quantitative estimate of drug-likeness (QED) is 0.226. The minimum Gasteiger partial charge on any atom is -0.376 e. The molecule has 0 aromatic heterocycles. The second-order valence-corrected chi connectivity index (χ2v) is 3.34. The molecule has 0 spiro atoms. The SMILES string of the molecule is NC(O)C(N)P(=O)(O)O. The van der Waals surface area contributed by atoms with Gasteiger partial charge in [0.15, 0.2) is 0 Å². The van der Waals surface area contributed by atoms with E-state index in [1.54, 1.807) is 0 Å². The summed E-state index contributed by atoms with van der Waals surface area (Å²) in [6.45, 7) is 0. The highest BCUT2D eigenvalue weighted by Crippen LogP contribution is 2.38. The molecule has 0 aliphatic carbocycles. The largest absolute Gasteiger partial charge is 0.376 e. The second-order valence-electron chi connectivity index (χ2n) is 1.57. The summed E-state index contributed by atoms with van der Waals surface area (Å²) in [6, 6.07) is 0. The number of nitrogens with two attached hydrogens (primary N) is 2. The van der Waals surface area contributed by atoms with E-state index in [2.05, 4.69) is 5.73 Å². The van der Waals surface area contributed by atoms with Crippen molar-refractivity contribution in [3.8, 4) is 0 Å². The van der Waals surface area contributed by atoms with Crippen LogP contribution in [0, 0.1) is 0 Å². The minimum atomic E-state index is -4.41. The van der Waals surface area contributed by atoms with Crippen LogP contribution in [0.25, 0.3) is 0 Å². The summed E-state index contributed by atoms with van der Waals surface area (Å²) in [6.07, 6.45) is -1.68. The van der Waals surface area contributed by atoms with Crippen LogP contribution >= 0.6 is 7.60 Å². The molecule has 6 nitrogen and oxygen atoms in total. The molecule has 2 unspecified atom stereocenters. The molecule has 0 bridgehead atoms. The summed E-state index contributed by atoms with van der Waals surface area (Å²) in [4.78, 5) is 16.4. The van der Waals surface area contributed by atoms with Crippen LogP contribution in [0.1, 0.15) is 0 Å². The van der Waals surface area contributed by atoms with Gasteiger partial charge in [-0.1, -0.05) is 0 Å². The Morgan fingerprint density at radius 2 is 1.67 bits per heavy atom. The van der Waals surface area contributed by atoms with Gasteiger partial charge < -0.3 is 26.4 Å². The van der Waals surface area contributed by atoms with Gasteiger partial charge in [-0.3, -0.25) is 4.57 Å². The summed E-state index contributed by atoms with van der Waals surface area (Å²) in [5.41, 5.74) is 9.42. The fraction of sp³-hybridized carbons (Fsp3) is 1.00. The summed E-state index contributed by atoms with van der Waals surface area (Å²) >= 11 is 0. The summed E-state index contributed by atoms with van der Waals surface area (Å²) in [5, 5.41) is 8.32. The standard InChI is InChI=1S/C2H9N2O4P/c3-1(5)2(4)9(6,7)8/h1-2,5H,3-4H2,(H2,6,7,8). The maximum absolute atomic E-state index is 10.1. The zero-order valence-electron chi connectivity index (χ0n) is 4.51. The van der Waals surface area contributed by atoms with E-state index in [4.69, 9.17) is 20.6 Å². The monoisotopic (exact) mass is 156 g/mol. The smallest absolute Gasteiger partial charge is 0.346 e. The Labute approximate surface area is 51.6 Å². The van der Waals surface area contributed by atoms with E-state index < -0.39 is 19.6 Å². The molecule has 7 heteroatoms. The lowest BCUT2D eigenvalue weighted by molar-refractivity contribution is 0.165. The van der Waals surface area contributed by atoms with Gasteiger partial charge in [0.2, 0.25) is 0 Å². The van der Waals surface area contributed by atoms with Crippen LogP contribution in [-0.2, 0) is 4.57 Å². The molecule has 0 saturated carbocycles. The van der Waals surface area contributed by atoms with Gasteiger partial charge in [0, 0.05) is 0 Å². The molecule has 0 heterocycles. The van der Waals surface area contributed by atoms with Crippen molar-refractivity contribution in [1.82, 2.24) is 0 Å². The molecule has 9 heavy (non-hydrogen) atoms. The third kappa shape index (κ3) is 2.90. The summed E-state index contributed by atoms with van der Waals surface area (Å²) in [7, 11) is -4.41. The normalized spacial score (nSPS) is 19.2. The minimum absolute atomic E-state index is 1.68. The van der Waals surface area contributed by atoms with Crippen LogP contribution in [-0.4, -0.2) is 26.9 Å². The van der Waals surface area contributed by atoms with Gasteiger partial charge >= 0.3 is 7.60 Å². The van der Waals surface area contributed by atoms with Crippen molar-refractivity contribution in [2.24, 2.45) is 11.5 Å². The van der Waals surface area contributed by atoms with Crippen molar-refractivity contribution >= 4 is 7.60 Å². The van der Waals surface area contributed by atoms with Crippen LogP contribution < -0.4 is 11.5 Å². The average molecular weight is 156 g/mol. The van der Waals surface area contributed by atoms with Gasteiger partial charge in [0.25, 0.3) is 0 Å². The lowest BCUT2D eigenvalue weighted by Crippen LogP contribution is -2.40. The van der Waals surface area contributed by atoms with Crippen LogP contribution in [0.5, 0.6) is 0 Å². The zero-order valence-corrected chi connectivity index (χ0v) is 5.40. The Bertz CT molecular complexity index is 131.